The van der Waals surface area contributed by atoms with Gasteiger partial charge in [-0.05, 0) is 17.9 Å². The standard InChI is InChI=1S/C15H16ClF2N3O2/c1-19-12-11-9(3-4-15(11,17)18)14(20-13(12)16)21-6-8(7-21)5-10(22)23-2/h8,10,22H,3-7H2,2H3. The van der Waals surface area contributed by atoms with Crippen LogP contribution < -0.4 is 4.90 Å². The molecule has 5 nitrogen and oxygen atoms in total. The summed E-state index contributed by atoms with van der Waals surface area (Å²) in [5.41, 5.74) is -0.0705. The molecule has 0 saturated carbocycles. The van der Waals surface area contributed by atoms with Crippen molar-refractivity contribution in [1.82, 2.24) is 4.98 Å². The monoisotopic (exact) mass is 343 g/mol. The van der Waals surface area contributed by atoms with Crippen molar-refractivity contribution in [2.45, 2.75) is 31.5 Å². The number of alkyl halides is 2. The molecule has 1 saturated heterocycles. The molecule has 1 aliphatic carbocycles. The van der Waals surface area contributed by atoms with Crippen LogP contribution in [0.4, 0.5) is 20.3 Å². The van der Waals surface area contributed by atoms with Gasteiger partial charge in [0.05, 0.1) is 6.57 Å². The molecule has 1 fully saturated rings. The van der Waals surface area contributed by atoms with Crippen LogP contribution in [0.3, 0.4) is 0 Å². The Bertz CT molecular complexity index is 672. The van der Waals surface area contributed by atoms with E-state index in [1.165, 1.54) is 7.11 Å². The van der Waals surface area contributed by atoms with Crippen LogP contribution in [-0.4, -0.2) is 36.6 Å². The number of hydrogen-bond donors (Lipinski definition) is 1. The zero-order valence-electron chi connectivity index (χ0n) is 12.5. The molecule has 1 aromatic heterocycles. The molecule has 0 radical (unpaired) electrons. The number of methoxy groups -OCH3 is 1. The molecule has 23 heavy (non-hydrogen) atoms. The van der Waals surface area contributed by atoms with Gasteiger partial charge in [0.1, 0.15) is 11.0 Å². The van der Waals surface area contributed by atoms with E-state index in [9.17, 15) is 13.9 Å². The number of anilines is 1. The largest absolute Gasteiger partial charge is 0.368 e. The Labute approximate surface area is 137 Å². The number of nitrogens with zero attached hydrogens (tertiary/aromatic N) is 3. The quantitative estimate of drug-likeness (QED) is 0.518. The third kappa shape index (κ3) is 2.75. The SMILES string of the molecule is [C-]#[N+]c1c(Cl)nc(N2CC(CC(O)OC)C2)c2c1C(F)(F)CC2. The van der Waals surface area contributed by atoms with Gasteiger partial charge >= 0.3 is 0 Å². The summed E-state index contributed by atoms with van der Waals surface area (Å²) in [6.45, 7) is 8.30. The topological polar surface area (TPSA) is 50.0 Å². The number of halogens is 3. The molecule has 0 spiro atoms. The van der Waals surface area contributed by atoms with Crippen molar-refractivity contribution in [2.75, 3.05) is 25.1 Å². The number of aromatic nitrogens is 1. The molecule has 124 valence electrons. The predicted octanol–water partition coefficient (Wildman–Crippen LogP) is 3.11. The first-order valence-electron chi connectivity index (χ1n) is 7.31. The molecule has 1 aromatic rings. The first-order chi connectivity index (χ1) is 10.9. The van der Waals surface area contributed by atoms with Gasteiger partial charge in [0.25, 0.3) is 5.92 Å². The van der Waals surface area contributed by atoms with E-state index in [-0.39, 0.29) is 35.2 Å². The van der Waals surface area contributed by atoms with Crippen molar-refractivity contribution in [3.8, 4) is 0 Å². The minimum Gasteiger partial charge on any atom is -0.368 e. The fraction of sp³-hybridized carbons (Fsp3) is 0.600. The summed E-state index contributed by atoms with van der Waals surface area (Å²) in [6.07, 6.45) is -0.469. The van der Waals surface area contributed by atoms with Crippen LogP contribution in [0, 0.1) is 12.5 Å². The van der Waals surface area contributed by atoms with Crippen molar-refractivity contribution in [1.29, 1.82) is 0 Å². The molecule has 2 heterocycles. The number of aliphatic hydroxyl groups excluding tert-OH is 1. The Kier molecular flexibility index (Phi) is 4.17. The Balaban J connectivity index is 1.88. The van der Waals surface area contributed by atoms with E-state index in [2.05, 4.69) is 9.83 Å². The van der Waals surface area contributed by atoms with Gasteiger partial charge in [-0.3, -0.25) is 0 Å². The van der Waals surface area contributed by atoms with Crippen LogP contribution >= 0.6 is 11.6 Å². The highest BCUT2D eigenvalue weighted by Gasteiger charge is 2.45. The molecule has 2 aliphatic rings. The van der Waals surface area contributed by atoms with Crippen molar-refractivity contribution in [3.63, 3.8) is 0 Å². The van der Waals surface area contributed by atoms with Crippen LogP contribution in [0.1, 0.15) is 24.0 Å². The zero-order chi connectivity index (χ0) is 16.8. The van der Waals surface area contributed by atoms with Gasteiger partial charge in [-0.25, -0.2) is 18.6 Å². The maximum absolute atomic E-state index is 14.1. The van der Waals surface area contributed by atoms with Gasteiger partial charge < -0.3 is 14.7 Å². The van der Waals surface area contributed by atoms with Crippen LogP contribution in [0.5, 0.6) is 0 Å². The minimum atomic E-state index is -3.03. The maximum Gasteiger partial charge on any atom is 0.265 e. The summed E-state index contributed by atoms with van der Waals surface area (Å²) < 4.78 is 33.1. The molecular weight excluding hydrogens is 328 g/mol. The van der Waals surface area contributed by atoms with Crippen LogP contribution in [0.25, 0.3) is 4.85 Å². The molecule has 0 aromatic carbocycles. The highest BCUT2D eigenvalue weighted by molar-refractivity contribution is 6.32. The fourth-order valence-electron chi connectivity index (χ4n) is 3.25. The lowest BCUT2D eigenvalue weighted by Crippen LogP contribution is -2.49. The third-order valence-electron chi connectivity index (χ3n) is 4.44. The summed E-state index contributed by atoms with van der Waals surface area (Å²) in [5, 5.41) is 9.31. The summed E-state index contributed by atoms with van der Waals surface area (Å²) in [6, 6.07) is 0. The Morgan fingerprint density at radius 1 is 1.57 bits per heavy atom. The second-order valence-electron chi connectivity index (χ2n) is 5.94. The van der Waals surface area contributed by atoms with Gasteiger partial charge in [0.15, 0.2) is 6.29 Å². The summed E-state index contributed by atoms with van der Waals surface area (Å²) in [7, 11) is 1.43. The van der Waals surface area contributed by atoms with Gasteiger partial charge in [-0.2, -0.15) is 0 Å². The van der Waals surface area contributed by atoms with E-state index in [0.717, 1.165) is 0 Å². The van der Waals surface area contributed by atoms with Gasteiger partial charge in [-0.15, -0.1) is 0 Å². The Hall–Kier alpha value is -1.49. The number of aliphatic hydroxyl groups is 1. The Morgan fingerprint density at radius 3 is 2.87 bits per heavy atom. The van der Waals surface area contributed by atoms with Crippen LogP contribution in [0.2, 0.25) is 5.15 Å². The van der Waals surface area contributed by atoms with E-state index < -0.39 is 12.2 Å². The highest BCUT2D eigenvalue weighted by atomic mass is 35.5. The van der Waals surface area contributed by atoms with Crippen molar-refractivity contribution >= 4 is 23.1 Å². The average Bonchev–Trinajstić information content (AvgIpc) is 2.78. The number of ether oxygens (including phenoxy) is 1. The van der Waals surface area contributed by atoms with E-state index in [1.54, 1.807) is 0 Å². The van der Waals surface area contributed by atoms with E-state index in [4.69, 9.17) is 22.9 Å². The number of pyridine rings is 1. The molecule has 3 rings (SSSR count). The lowest BCUT2D eigenvalue weighted by molar-refractivity contribution is -0.0889. The van der Waals surface area contributed by atoms with Crippen LogP contribution in [-0.2, 0) is 17.1 Å². The molecule has 1 N–H and O–H groups in total. The molecule has 0 amide bonds. The summed E-state index contributed by atoms with van der Waals surface area (Å²) >= 11 is 5.96. The number of rotatable bonds is 4. The van der Waals surface area contributed by atoms with Gasteiger partial charge in [0, 0.05) is 38.6 Å². The number of fused-ring (bicyclic) bond motifs is 1. The maximum atomic E-state index is 14.1. The Morgan fingerprint density at radius 2 is 2.26 bits per heavy atom. The van der Waals surface area contributed by atoms with E-state index in [1.807, 2.05) is 4.90 Å². The molecule has 1 atom stereocenters. The molecular formula is C15H16ClF2N3O2. The van der Waals surface area contributed by atoms with E-state index in [0.29, 0.717) is 30.9 Å². The summed E-state index contributed by atoms with van der Waals surface area (Å²) in [4.78, 5) is 9.21. The highest BCUT2D eigenvalue weighted by Crippen LogP contribution is 2.51. The average molecular weight is 344 g/mol. The lowest BCUT2D eigenvalue weighted by Gasteiger charge is -2.42. The molecule has 0 bridgehead atoms. The second kappa shape index (κ2) is 5.86. The smallest absolute Gasteiger partial charge is 0.265 e. The zero-order valence-corrected chi connectivity index (χ0v) is 13.3. The van der Waals surface area contributed by atoms with E-state index >= 15 is 0 Å². The van der Waals surface area contributed by atoms with Crippen molar-refractivity contribution in [3.05, 3.63) is 27.7 Å². The first-order valence-corrected chi connectivity index (χ1v) is 7.69. The first kappa shape index (κ1) is 16.4. The summed E-state index contributed by atoms with van der Waals surface area (Å²) in [5.74, 6) is -2.38. The van der Waals surface area contributed by atoms with Crippen molar-refractivity contribution in [2.24, 2.45) is 5.92 Å². The molecule has 1 aliphatic heterocycles. The number of hydrogen-bond acceptors (Lipinski definition) is 4. The minimum absolute atomic E-state index is 0.171. The van der Waals surface area contributed by atoms with Gasteiger partial charge in [0.2, 0.25) is 5.69 Å². The van der Waals surface area contributed by atoms with Crippen molar-refractivity contribution < 1.29 is 18.6 Å². The third-order valence-corrected chi connectivity index (χ3v) is 4.70. The fourth-order valence-corrected chi connectivity index (χ4v) is 3.46. The van der Waals surface area contributed by atoms with Gasteiger partial charge in [-0.1, -0.05) is 11.6 Å². The lowest BCUT2D eigenvalue weighted by atomic mass is 9.95. The second-order valence-corrected chi connectivity index (χ2v) is 6.30. The predicted molar refractivity (Wildman–Crippen MR) is 81.1 cm³/mol. The molecule has 1 unspecified atom stereocenters. The normalized spacial score (nSPS) is 20.8. The molecule has 8 heteroatoms. The van der Waals surface area contributed by atoms with Crippen LogP contribution in [0.15, 0.2) is 0 Å².